The van der Waals surface area contributed by atoms with Crippen molar-refractivity contribution in [2.75, 3.05) is 20.2 Å². The van der Waals surface area contributed by atoms with Crippen LogP contribution in [-0.4, -0.2) is 34.5 Å². The minimum Gasteiger partial charge on any atom is -0.497 e. The third-order valence-electron chi connectivity index (χ3n) is 2.14. The molecule has 1 aromatic carbocycles. The number of methoxy groups -OCH3 is 1. The lowest BCUT2D eigenvalue weighted by atomic mass is 10.3. The van der Waals surface area contributed by atoms with E-state index in [4.69, 9.17) is 4.74 Å². The lowest BCUT2D eigenvalue weighted by Crippen LogP contribution is -2.33. The summed E-state index contributed by atoms with van der Waals surface area (Å²) in [5.74, 6) is 0.273. The highest BCUT2D eigenvalue weighted by atomic mass is 32.2. The lowest BCUT2D eigenvalue weighted by Gasteiger charge is -2.08. The first-order valence-corrected chi connectivity index (χ1v) is 6.82. The predicted octanol–water partition coefficient (Wildman–Crippen LogP) is 0.110. The molecule has 0 spiro atoms. The van der Waals surface area contributed by atoms with E-state index in [0.29, 0.717) is 5.75 Å². The van der Waals surface area contributed by atoms with Crippen molar-refractivity contribution < 1.29 is 17.9 Å². The molecule has 0 radical (unpaired) electrons. The van der Waals surface area contributed by atoms with Crippen molar-refractivity contribution in [2.45, 2.75) is 11.8 Å². The van der Waals surface area contributed by atoms with Crippen LogP contribution in [0.1, 0.15) is 6.92 Å². The summed E-state index contributed by atoms with van der Waals surface area (Å²) in [5, 5.41) is 2.50. The van der Waals surface area contributed by atoms with E-state index in [1.165, 1.54) is 26.2 Å². The number of benzene rings is 1. The number of rotatable bonds is 6. The minimum atomic E-state index is -3.57. The summed E-state index contributed by atoms with van der Waals surface area (Å²) in [6.45, 7) is 1.76. The Kier molecular flexibility index (Phi) is 5.11. The van der Waals surface area contributed by atoms with E-state index in [1.807, 2.05) is 0 Å². The van der Waals surface area contributed by atoms with Gasteiger partial charge >= 0.3 is 0 Å². The Hall–Kier alpha value is -1.60. The van der Waals surface area contributed by atoms with E-state index >= 15 is 0 Å². The van der Waals surface area contributed by atoms with Crippen molar-refractivity contribution in [1.29, 1.82) is 0 Å². The first-order valence-electron chi connectivity index (χ1n) is 5.34. The quantitative estimate of drug-likeness (QED) is 0.720. The molecule has 7 heteroatoms. The van der Waals surface area contributed by atoms with Gasteiger partial charge in [0.15, 0.2) is 0 Å². The van der Waals surface area contributed by atoms with Crippen LogP contribution in [0.2, 0.25) is 0 Å². The van der Waals surface area contributed by atoms with Crippen LogP contribution in [0.3, 0.4) is 0 Å². The van der Waals surface area contributed by atoms with Crippen molar-refractivity contribution in [2.24, 2.45) is 0 Å². The molecule has 0 fully saturated rings. The van der Waals surface area contributed by atoms with Crippen LogP contribution in [-0.2, 0) is 14.8 Å². The van der Waals surface area contributed by atoms with Gasteiger partial charge in [-0.1, -0.05) is 6.07 Å². The van der Waals surface area contributed by atoms with Crippen molar-refractivity contribution in [3.05, 3.63) is 24.3 Å². The first kappa shape index (κ1) is 14.5. The smallest absolute Gasteiger partial charge is 0.240 e. The zero-order valence-corrected chi connectivity index (χ0v) is 11.1. The number of sulfonamides is 1. The number of amides is 1. The summed E-state index contributed by atoms with van der Waals surface area (Å²) in [7, 11) is -2.10. The Morgan fingerprint density at radius 3 is 2.67 bits per heavy atom. The fraction of sp³-hybridized carbons (Fsp3) is 0.364. The lowest BCUT2D eigenvalue weighted by molar-refractivity contribution is -0.118. The molecule has 0 saturated carbocycles. The van der Waals surface area contributed by atoms with Crippen LogP contribution in [0.15, 0.2) is 29.2 Å². The summed E-state index contributed by atoms with van der Waals surface area (Å²) in [5.41, 5.74) is 0. The average Bonchev–Trinajstić information content (AvgIpc) is 2.34. The second-order valence-corrected chi connectivity index (χ2v) is 5.33. The molecule has 0 aliphatic carbocycles. The van der Waals surface area contributed by atoms with Crippen LogP contribution in [0, 0.1) is 0 Å². The number of carbonyl (C=O) groups excluding carboxylic acids is 1. The predicted molar refractivity (Wildman–Crippen MR) is 66.9 cm³/mol. The van der Waals surface area contributed by atoms with Gasteiger partial charge in [-0.25, -0.2) is 13.1 Å². The highest BCUT2D eigenvalue weighted by Gasteiger charge is 2.13. The number of ether oxygens (including phenoxy) is 1. The van der Waals surface area contributed by atoms with Crippen LogP contribution >= 0.6 is 0 Å². The fourth-order valence-electron chi connectivity index (χ4n) is 1.28. The Balaban J connectivity index is 2.65. The van der Waals surface area contributed by atoms with Gasteiger partial charge < -0.3 is 10.1 Å². The van der Waals surface area contributed by atoms with E-state index in [0.717, 1.165) is 0 Å². The van der Waals surface area contributed by atoms with E-state index in [-0.39, 0.29) is 23.9 Å². The summed E-state index contributed by atoms with van der Waals surface area (Å²) in [4.78, 5) is 10.7. The van der Waals surface area contributed by atoms with Crippen molar-refractivity contribution in [3.63, 3.8) is 0 Å². The standard InChI is InChI=1S/C11H16N2O4S/c1-9(14)12-6-7-13-18(15,16)11-5-3-4-10(8-11)17-2/h3-5,8,13H,6-7H2,1-2H3,(H,12,14). The second kappa shape index (κ2) is 6.36. The zero-order chi connectivity index (χ0) is 13.6. The van der Waals surface area contributed by atoms with Gasteiger partial charge in [0.2, 0.25) is 15.9 Å². The molecule has 0 aliphatic heterocycles. The molecule has 1 amide bonds. The molecule has 0 saturated heterocycles. The van der Waals surface area contributed by atoms with Gasteiger partial charge in [0, 0.05) is 26.1 Å². The largest absolute Gasteiger partial charge is 0.497 e. The number of hydrogen-bond acceptors (Lipinski definition) is 4. The summed E-state index contributed by atoms with van der Waals surface area (Å²) >= 11 is 0. The van der Waals surface area contributed by atoms with Crippen molar-refractivity contribution in [1.82, 2.24) is 10.0 Å². The van der Waals surface area contributed by atoms with E-state index in [2.05, 4.69) is 10.0 Å². The fourth-order valence-corrected chi connectivity index (χ4v) is 2.34. The monoisotopic (exact) mass is 272 g/mol. The second-order valence-electron chi connectivity index (χ2n) is 3.56. The normalized spacial score (nSPS) is 11.0. The van der Waals surface area contributed by atoms with Gasteiger partial charge in [0.25, 0.3) is 0 Å². The molecule has 2 N–H and O–H groups in total. The molecule has 0 aromatic heterocycles. The van der Waals surface area contributed by atoms with Crippen molar-refractivity contribution in [3.8, 4) is 5.75 Å². The summed E-state index contributed by atoms with van der Waals surface area (Å²) in [6.07, 6.45) is 0. The third kappa shape index (κ3) is 4.34. The maximum absolute atomic E-state index is 11.9. The van der Waals surface area contributed by atoms with Crippen LogP contribution in [0.4, 0.5) is 0 Å². The molecular weight excluding hydrogens is 256 g/mol. The molecule has 0 unspecified atom stereocenters. The number of nitrogens with one attached hydrogen (secondary N) is 2. The minimum absolute atomic E-state index is 0.129. The van der Waals surface area contributed by atoms with E-state index < -0.39 is 10.0 Å². The Morgan fingerprint density at radius 2 is 2.06 bits per heavy atom. The molecule has 1 rings (SSSR count). The maximum atomic E-state index is 11.9. The Labute approximate surface area is 106 Å². The van der Waals surface area contributed by atoms with Gasteiger partial charge in [-0.3, -0.25) is 4.79 Å². The highest BCUT2D eigenvalue weighted by molar-refractivity contribution is 7.89. The van der Waals surface area contributed by atoms with Gasteiger partial charge in [-0.2, -0.15) is 0 Å². The Bertz CT molecular complexity index is 514. The Morgan fingerprint density at radius 1 is 1.33 bits per heavy atom. The van der Waals surface area contributed by atoms with Crippen LogP contribution < -0.4 is 14.8 Å². The summed E-state index contributed by atoms with van der Waals surface area (Å²) < 4.78 is 31.1. The molecule has 0 aliphatic rings. The maximum Gasteiger partial charge on any atom is 0.240 e. The molecular formula is C11H16N2O4S. The third-order valence-corrected chi connectivity index (χ3v) is 3.60. The van der Waals surface area contributed by atoms with E-state index in [9.17, 15) is 13.2 Å². The molecule has 1 aromatic rings. The molecule has 6 nitrogen and oxygen atoms in total. The SMILES string of the molecule is COc1cccc(S(=O)(=O)NCCNC(C)=O)c1. The molecule has 0 atom stereocenters. The average molecular weight is 272 g/mol. The van der Waals surface area contributed by atoms with Gasteiger partial charge in [-0.05, 0) is 12.1 Å². The van der Waals surface area contributed by atoms with E-state index in [1.54, 1.807) is 12.1 Å². The molecule has 18 heavy (non-hydrogen) atoms. The highest BCUT2D eigenvalue weighted by Crippen LogP contribution is 2.16. The summed E-state index contributed by atoms with van der Waals surface area (Å²) in [6, 6.07) is 6.17. The topological polar surface area (TPSA) is 84.5 Å². The number of carbonyl (C=O) groups is 1. The number of hydrogen-bond donors (Lipinski definition) is 2. The van der Waals surface area contributed by atoms with Gasteiger partial charge in [0.1, 0.15) is 5.75 Å². The zero-order valence-electron chi connectivity index (χ0n) is 10.3. The van der Waals surface area contributed by atoms with Crippen molar-refractivity contribution >= 4 is 15.9 Å². The van der Waals surface area contributed by atoms with Crippen LogP contribution in [0.5, 0.6) is 5.75 Å². The van der Waals surface area contributed by atoms with Crippen LogP contribution in [0.25, 0.3) is 0 Å². The first-order chi connectivity index (χ1) is 8.45. The van der Waals surface area contributed by atoms with Gasteiger partial charge in [-0.15, -0.1) is 0 Å². The van der Waals surface area contributed by atoms with Gasteiger partial charge in [0.05, 0.1) is 12.0 Å². The molecule has 0 bridgehead atoms. The molecule has 100 valence electrons. The molecule has 0 heterocycles.